The van der Waals surface area contributed by atoms with Crippen molar-refractivity contribution in [1.29, 1.82) is 0 Å². The molecule has 9 nitrogen and oxygen atoms in total. The summed E-state index contributed by atoms with van der Waals surface area (Å²) in [4.78, 5) is 45.2. The molecule has 1 atom stereocenters. The smallest absolute Gasteiger partial charge is 0.326 e. The third-order valence-corrected chi connectivity index (χ3v) is 2.45. The van der Waals surface area contributed by atoms with Crippen LogP contribution in [0.25, 0.3) is 0 Å². The minimum atomic E-state index is -1.35. The zero-order valence-electron chi connectivity index (χ0n) is 11.3. The number of carbonyl (C=O) groups excluding carboxylic acids is 2. The molecule has 0 rings (SSSR count). The quantitative estimate of drug-likeness (QED) is 0.460. The molecule has 0 saturated heterocycles. The van der Waals surface area contributed by atoms with Crippen molar-refractivity contribution in [3.8, 4) is 0 Å². The van der Waals surface area contributed by atoms with E-state index < -0.39 is 36.3 Å². The van der Waals surface area contributed by atoms with Gasteiger partial charge < -0.3 is 26.2 Å². The Morgan fingerprint density at radius 2 is 1.75 bits per heavy atom. The summed E-state index contributed by atoms with van der Waals surface area (Å²) in [7, 11) is 0. The van der Waals surface area contributed by atoms with Gasteiger partial charge >= 0.3 is 18.0 Å². The second-order valence-corrected chi connectivity index (χ2v) is 4.46. The van der Waals surface area contributed by atoms with Crippen molar-refractivity contribution in [2.75, 3.05) is 6.54 Å². The molecule has 20 heavy (non-hydrogen) atoms. The maximum atomic E-state index is 11.9. The van der Waals surface area contributed by atoms with Crippen LogP contribution in [0.1, 0.15) is 26.7 Å². The highest BCUT2D eigenvalue weighted by atomic mass is 16.4. The highest BCUT2D eigenvalue weighted by Crippen LogP contribution is 2.03. The summed E-state index contributed by atoms with van der Waals surface area (Å²) >= 11 is 0. The summed E-state index contributed by atoms with van der Waals surface area (Å²) in [5, 5.41) is 19.6. The van der Waals surface area contributed by atoms with Crippen LogP contribution in [0, 0.1) is 0 Å². The Hall–Kier alpha value is -2.32. The number of rotatable bonds is 8. The molecule has 0 heterocycles. The Morgan fingerprint density at radius 3 is 2.10 bits per heavy atom. The summed E-state index contributed by atoms with van der Waals surface area (Å²) in [6, 6.07) is -2.49. The van der Waals surface area contributed by atoms with E-state index in [1.54, 1.807) is 13.8 Å². The monoisotopic (exact) mass is 289 g/mol. The van der Waals surface area contributed by atoms with Crippen LogP contribution in [0.15, 0.2) is 0 Å². The van der Waals surface area contributed by atoms with Crippen LogP contribution in [0.2, 0.25) is 0 Å². The van der Waals surface area contributed by atoms with Crippen LogP contribution in [0.5, 0.6) is 0 Å². The van der Waals surface area contributed by atoms with E-state index in [1.165, 1.54) is 0 Å². The van der Waals surface area contributed by atoms with Crippen molar-refractivity contribution >= 4 is 23.9 Å². The fraction of sp³-hybridized carbons (Fsp3) is 0.636. The van der Waals surface area contributed by atoms with Gasteiger partial charge in [-0.3, -0.25) is 9.59 Å². The van der Waals surface area contributed by atoms with Crippen LogP contribution >= 0.6 is 0 Å². The molecule has 0 aliphatic carbocycles. The minimum absolute atomic E-state index is 0.251. The lowest BCUT2D eigenvalue weighted by molar-refractivity contribution is -0.140. The van der Waals surface area contributed by atoms with Crippen LogP contribution in [0.4, 0.5) is 4.79 Å². The molecule has 3 amide bonds. The maximum Gasteiger partial charge on any atom is 0.326 e. The van der Waals surface area contributed by atoms with Gasteiger partial charge in [0.25, 0.3) is 0 Å². The lowest BCUT2D eigenvalue weighted by Gasteiger charge is -2.27. The lowest BCUT2D eigenvalue weighted by Crippen LogP contribution is -2.52. The van der Waals surface area contributed by atoms with E-state index in [2.05, 4.69) is 5.32 Å². The highest BCUT2D eigenvalue weighted by molar-refractivity contribution is 5.86. The molecule has 0 unspecified atom stereocenters. The first-order valence-corrected chi connectivity index (χ1v) is 5.95. The van der Waals surface area contributed by atoms with E-state index in [4.69, 9.17) is 15.9 Å². The lowest BCUT2D eigenvalue weighted by atomic mass is 10.1. The number of nitrogens with zero attached hydrogens (tertiary/aromatic N) is 1. The van der Waals surface area contributed by atoms with Gasteiger partial charge in [-0.05, 0) is 20.3 Å². The van der Waals surface area contributed by atoms with Gasteiger partial charge in [0, 0.05) is 12.5 Å². The van der Waals surface area contributed by atoms with Crippen molar-refractivity contribution in [3.63, 3.8) is 0 Å². The van der Waals surface area contributed by atoms with Gasteiger partial charge in [0.15, 0.2) is 0 Å². The van der Waals surface area contributed by atoms with Gasteiger partial charge in [0.1, 0.15) is 12.6 Å². The van der Waals surface area contributed by atoms with Gasteiger partial charge in [-0.1, -0.05) is 0 Å². The first-order valence-electron chi connectivity index (χ1n) is 5.95. The molecule has 0 aromatic carbocycles. The SMILES string of the molecule is CC(C)N(CC(N)=O)C(=O)N[C@@H](CCC(=O)O)C(=O)O. The van der Waals surface area contributed by atoms with Crippen molar-refractivity contribution in [3.05, 3.63) is 0 Å². The normalized spacial score (nSPS) is 11.8. The standard InChI is InChI=1S/C11H19N3O6/c1-6(2)14(5-8(12)15)11(20)13-7(10(18)19)3-4-9(16)17/h6-7H,3-5H2,1-2H3,(H2,12,15)(H,13,20)(H,16,17)(H,18,19)/t7-/m0/s1. The average molecular weight is 289 g/mol. The molecule has 0 aromatic rings. The van der Waals surface area contributed by atoms with Gasteiger partial charge in [-0.15, -0.1) is 0 Å². The molecule has 5 N–H and O–H groups in total. The number of amides is 3. The number of primary amides is 1. The van der Waals surface area contributed by atoms with Gasteiger partial charge in [-0.25, -0.2) is 9.59 Å². The van der Waals surface area contributed by atoms with Crippen molar-refractivity contribution in [1.82, 2.24) is 10.2 Å². The first-order chi connectivity index (χ1) is 9.15. The molecular formula is C11H19N3O6. The summed E-state index contributed by atoms with van der Waals surface area (Å²) < 4.78 is 0. The summed E-state index contributed by atoms with van der Waals surface area (Å²) in [5.41, 5.74) is 5.00. The summed E-state index contributed by atoms with van der Waals surface area (Å²) in [6.45, 7) is 2.92. The Bertz CT molecular complexity index is 396. The third-order valence-electron chi connectivity index (χ3n) is 2.45. The highest BCUT2D eigenvalue weighted by Gasteiger charge is 2.25. The minimum Gasteiger partial charge on any atom is -0.481 e. The number of nitrogens with one attached hydrogen (secondary N) is 1. The van der Waals surface area contributed by atoms with Crippen LogP contribution in [-0.4, -0.2) is 57.6 Å². The Labute approximate surface area is 115 Å². The van der Waals surface area contributed by atoms with E-state index in [1.807, 2.05) is 0 Å². The Balaban J connectivity index is 4.74. The predicted octanol–water partition coefficient (Wildman–Crippen LogP) is -0.790. The number of hydrogen-bond acceptors (Lipinski definition) is 4. The zero-order chi connectivity index (χ0) is 15.9. The van der Waals surface area contributed by atoms with E-state index in [0.717, 1.165) is 4.90 Å². The van der Waals surface area contributed by atoms with E-state index in [9.17, 15) is 19.2 Å². The number of aliphatic carboxylic acids is 2. The molecule has 9 heteroatoms. The number of carbonyl (C=O) groups is 4. The molecular weight excluding hydrogens is 270 g/mol. The summed E-state index contributed by atoms with van der Waals surface area (Å²) in [5.74, 6) is -3.24. The second-order valence-electron chi connectivity index (χ2n) is 4.46. The predicted molar refractivity (Wildman–Crippen MR) is 67.9 cm³/mol. The van der Waals surface area contributed by atoms with Gasteiger partial charge in [-0.2, -0.15) is 0 Å². The zero-order valence-corrected chi connectivity index (χ0v) is 11.3. The molecule has 0 radical (unpaired) electrons. The third kappa shape index (κ3) is 6.57. The van der Waals surface area contributed by atoms with E-state index >= 15 is 0 Å². The fourth-order valence-corrected chi connectivity index (χ4v) is 1.41. The largest absolute Gasteiger partial charge is 0.481 e. The molecule has 0 fully saturated rings. The number of carboxylic acids is 2. The van der Waals surface area contributed by atoms with Crippen molar-refractivity contribution in [2.45, 2.75) is 38.8 Å². The molecule has 0 aromatic heterocycles. The Kier molecular flexibility index (Phi) is 7.05. The molecule has 0 bridgehead atoms. The van der Waals surface area contributed by atoms with E-state index in [-0.39, 0.29) is 19.0 Å². The first kappa shape index (κ1) is 17.7. The average Bonchev–Trinajstić information content (AvgIpc) is 2.29. The molecule has 0 aliphatic rings. The number of carboxylic acid groups (broad SMARTS) is 2. The van der Waals surface area contributed by atoms with Crippen LogP contribution < -0.4 is 11.1 Å². The van der Waals surface area contributed by atoms with Crippen molar-refractivity contribution in [2.24, 2.45) is 5.73 Å². The topological polar surface area (TPSA) is 150 Å². The number of nitrogens with two attached hydrogens (primary N) is 1. The molecule has 0 saturated carbocycles. The molecule has 0 aliphatic heterocycles. The maximum absolute atomic E-state index is 11.9. The number of urea groups is 1. The molecule has 114 valence electrons. The fourth-order valence-electron chi connectivity index (χ4n) is 1.41. The second kappa shape index (κ2) is 7.97. The van der Waals surface area contributed by atoms with Crippen LogP contribution in [-0.2, 0) is 14.4 Å². The van der Waals surface area contributed by atoms with Gasteiger partial charge in [0.05, 0.1) is 0 Å². The van der Waals surface area contributed by atoms with Crippen LogP contribution in [0.3, 0.4) is 0 Å². The number of hydrogen-bond donors (Lipinski definition) is 4. The van der Waals surface area contributed by atoms with Gasteiger partial charge in [0.2, 0.25) is 5.91 Å². The van der Waals surface area contributed by atoms with Crippen molar-refractivity contribution < 1.29 is 29.4 Å². The Morgan fingerprint density at radius 1 is 1.20 bits per heavy atom. The summed E-state index contributed by atoms with van der Waals surface area (Å²) in [6.07, 6.45) is -0.645. The molecule has 0 spiro atoms. The van der Waals surface area contributed by atoms with E-state index in [0.29, 0.717) is 0 Å².